The van der Waals surface area contributed by atoms with Gasteiger partial charge in [0.15, 0.2) is 17.8 Å². The van der Waals surface area contributed by atoms with E-state index >= 15 is 0 Å². The minimum atomic E-state index is -0.734. The summed E-state index contributed by atoms with van der Waals surface area (Å²) in [6.45, 7) is 0.986. The minimum absolute atomic E-state index is 0.0223. The molecule has 0 bridgehead atoms. The summed E-state index contributed by atoms with van der Waals surface area (Å²) in [5.41, 5.74) is 0.940. The maximum Gasteiger partial charge on any atom is 0.203 e. The van der Waals surface area contributed by atoms with Crippen LogP contribution in [0.1, 0.15) is 11.7 Å². The number of aliphatic hydroxyl groups excluding tert-OH is 1. The first kappa shape index (κ1) is 14.4. The molecule has 4 atom stereocenters. The third-order valence-corrected chi connectivity index (χ3v) is 4.25. The summed E-state index contributed by atoms with van der Waals surface area (Å²) in [7, 11) is 4.74. The van der Waals surface area contributed by atoms with E-state index in [0.717, 1.165) is 5.56 Å². The van der Waals surface area contributed by atoms with Gasteiger partial charge in [-0.2, -0.15) is 0 Å². The summed E-state index contributed by atoms with van der Waals surface area (Å²) in [6.07, 6.45) is -0.872. The fourth-order valence-corrected chi connectivity index (χ4v) is 3.13. The Balaban J connectivity index is 1.95. The standard InChI is InChI=1S/C15H20O6/c1-17-11-4-8(5-12(18-2)14(11)19-3)13-9-6-21-15(16)10(9)7-20-13/h4-5,9-10,13,15-16H,6-7H2,1-3H3. The highest BCUT2D eigenvalue weighted by molar-refractivity contribution is 5.54. The maximum absolute atomic E-state index is 9.78. The molecule has 2 fully saturated rings. The lowest BCUT2D eigenvalue weighted by Gasteiger charge is -2.20. The van der Waals surface area contributed by atoms with Crippen molar-refractivity contribution in [3.05, 3.63) is 17.7 Å². The van der Waals surface area contributed by atoms with E-state index in [1.165, 1.54) is 0 Å². The largest absolute Gasteiger partial charge is 0.493 e. The number of aliphatic hydroxyl groups is 1. The molecule has 2 saturated heterocycles. The number of ether oxygens (including phenoxy) is 5. The zero-order valence-corrected chi connectivity index (χ0v) is 12.4. The normalized spacial score (nSPS) is 31.0. The van der Waals surface area contributed by atoms with Gasteiger partial charge in [-0.3, -0.25) is 0 Å². The molecule has 0 spiro atoms. The van der Waals surface area contributed by atoms with Crippen LogP contribution in [0.15, 0.2) is 12.1 Å². The number of fused-ring (bicyclic) bond motifs is 1. The first-order valence-corrected chi connectivity index (χ1v) is 6.90. The molecule has 0 saturated carbocycles. The average Bonchev–Trinajstić information content (AvgIpc) is 3.09. The predicted octanol–water partition coefficient (Wildman–Crippen LogP) is 1.36. The Bertz CT molecular complexity index is 492. The topological polar surface area (TPSA) is 66.4 Å². The maximum atomic E-state index is 9.78. The van der Waals surface area contributed by atoms with Gasteiger partial charge in [-0.05, 0) is 17.7 Å². The number of methoxy groups -OCH3 is 3. The second-order valence-electron chi connectivity index (χ2n) is 5.26. The van der Waals surface area contributed by atoms with Crippen LogP contribution in [-0.4, -0.2) is 45.9 Å². The Morgan fingerprint density at radius 1 is 0.952 bits per heavy atom. The smallest absolute Gasteiger partial charge is 0.203 e. The van der Waals surface area contributed by atoms with Crippen molar-refractivity contribution in [2.24, 2.45) is 11.8 Å². The first-order valence-electron chi connectivity index (χ1n) is 6.90. The molecular formula is C15H20O6. The number of hydrogen-bond acceptors (Lipinski definition) is 6. The van der Waals surface area contributed by atoms with E-state index in [1.807, 2.05) is 12.1 Å². The second-order valence-corrected chi connectivity index (χ2v) is 5.26. The van der Waals surface area contributed by atoms with E-state index in [9.17, 15) is 5.11 Å². The zero-order valence-electron chi connectivity index (χ0n) is 12.4. The molecule has 2 aliphatic rings. The molecule has 6 heteroatoms. The van der Waals surface area contributed by atoms with E-state index in [1.54, 1.807) is 21.3 Å². The average molecular weight is 296 g/mol. The highest BCUT2D eigenvalue weighted by Crippen LogP contribution is 2.47. The van der Waals surface area contributed by atoms with E-state index in [2.05, 4.69) is 0 Å². The van der Waals surface area contributed by atoms with E-state index in [4.69, 9.17) is 23.7 Å². The van der Waals surface area contributed by atoms with Crippen LogP contribution in [0, 0.1) is 11.8 Å². The number of benzene rings is 1. The third-order valence-electron chi connectivity index (χ3n) is 4.25. The van der Waals surface area contributed by atoms with Crippen LogP contribution >= 0.6 is 0 Å². The number of rotatable bonds is 4. The molecule has 2 heterocycles. The third kappa shape index (κ3) is 2.33. The van der Waals surface area contributed by atoms with Gasteiger partial charge in [0.1, 0.15) is 0 Å². The molecule has 6 nitrogen and oxygen atoms in total. The van der Waals surface area contributed by atoms with Crippen LogP contribution in [0.5, 0.6) is 17.2 Å². The van der Waals surface area contributed by atoms with Crippen LogP contribution in [0.25, 0.3) is 0 Å². The molecule has 0 aliphatic carbocycles. The zero-order chi connectivity index (χ0) is 15.0. The van der Waals surface area contributed by atoms with Gasteiger partial charge in [-0.1, -0.05) is 0 Å². The molecule has 0 amide bonds. The molecule has 1 aromatic rings. The summed E-state index contributed by atoms with van der Waals surface area (Å²) in [4.78, 5) is 0. The van der Waals surface area contributed by atoms with Crippen molar-refractivity contribution >= 4 is 0 Å². The highest BCUT2D eigenvalue weighted by atomic mass is 16.6. The van der Waals surface area contributed by atoms with Crippen LogP contribution in [0.3, 0.4) is 0 Å². The van der Waals surface area contributed by atoms with Crippen molar-refractivity contribution in [3.63, 3.8) is 0 Å². The van der Waals surface area contributed by atoms with Gasteiger partial charge in [-0.25, -0.2) is 0 Å². The van der Waals surface area contributed by atoms with Gasteiger partial charge in [0.2, 0.25) is 5.75 Å². The quantitative estimate of drug-likeness (QED) is 0.905. The van der Waals surface area contributed by atoms with Crippen molar-refractivity contribution in [1.82, 2.24) is 0 Å². The Morgan fingerprint density at radius 3 is 2.14 bits per heavy atom. The van der Waals surface area contributed by atoms with E-state index in [0.29, 0.717) is 30.5 Å². The van der Waals surface area contributed by atoms with Crippen LogP contribution < -0.4 is 14.2 Å². The van der Waals surface area contributed by atoms with Gasteiger partial charge in [-0.15, -0.1) is 0 Å². The molecule has 0 radical (unpaired) electrons. The molecule has 3 rings (SSSR count). The van der Waals surface area contributed by atoms with Gasteiger partial charge in [0.05, 0.1) is 40.6 Å². The monoisotopic (exact) mass is 296 g/mol. The summed E-state index contributed by atoms with van der Waals surface area (Å²) >= 11 is 0. The number of hydrogen-bond donors (Lipinski definition) is 1. The van der Waals surface area contributed by atoms with Crippen molar-refractivity contribution in [2.75, 3.05) is 34.5 Å². The lowest BCUT2D eigenvalue weighted by molar-refractivity contribution is -0.0961. The van der Waals surface area contributed by atoms with Crippen molar-refractivity contribution in [1.29, 1.82) is 0 Å². The van der Waals surface area contributed by atoms with Crippen molar-refractivity contribution in [3.8, 4) is 17.2 Å². The predicted molar refractivity (Wildman–Crippen MR) is 73.7 cm³/mol. The Morgan fingerprint density at radius 2 is 1.57 bits per heavy atom. The van der Waals surface area contributed by atoms with Gasteiger partial charge < -0.3 is 28.8 Å². The summed E-state index contributed by atoms with van der Waals surface area (Å²) < 4.78 is 27.2. The van der Waals surface area contributed by atoms with Crippen LogP contribution in [0.4, 0.5) is 0 Å². The first-order chi connectivity index (χ1) is 10.2. The molecule has 4 unspecified atom stereocenters. The van der Waals surface area contributed by atoms with E-state index < -0.39 is 6.29 Å². The van der Waals surface area contributed by atoms with Gasteiger partial charge >= 0.3 is 0 Å². The van der Waals surface area contributed by atoms with Gasteiger partial charge in [0.25, 0.3) is 0 Å². The van der Waals surface area contributed by atoms with Crippen LogP contribution in [0.2, 0.25) is 0 Å². The fraction of sp³-hybridized carbons (Fsp3) is 0.600. The Kier molecular flexibility index (Phi) is 3.93. The van der Waals surface area contributed by atoms with Gasteiger partial charge in [0, 0.05) is 11.8 Å². The fourth-order valence-electron chi connectivity index (χ4n) is 3.13. The van der Waals surface area contributed by atoms with E-state index in [-0.39, 0.29) is 17.9 Å². The summed E-state index contributed by atoms with van der Waals surface area (Å²) in [5, 5.41) is 9.78. The lowest BCUT2D eigenvalue weighted by Crippen LogP contribution is -2.19. The van der Waals surface area contributed by atoms with Crippen molar-refractivity contribution < 1.29 is 28.8 Å². The SMILES string of the molecule is COc1cc(C2OCC3C(O)OCC23)cc(OC)c1OC. The Labute approximate surface area is 123 Å². The summed E-state index contributed by atoms with van der Waals surface area (Å²) in [5.74, 6) is 1.91. The second kappa shape index (κ2) is 5.71. The van der Waals surface area contributed by atoms with Crippen LogP contribution in [-0.2, 0) is 9.47 Å². The molecular weight excluding hydrogens is 276 g/mol. The molecule has 1 aromatic carbocycles. The molecule has 0 aromatic heterocycles. The molecule has 1 N–H and O–H groups in total. The van der Waals surface area contributed by atoms with Crippen molar-refractivity contribution in [2.45, 2.75) is 12.4 Å². The summed E-state index contributed by atoms with van der Waals surface area (Å²) in [6, 6.07) is 3.78. The highest BCUT2D eigenvalue weighted by Gasteiger charge is 2.47. The minimum Gasteiger partial charge on any atom is -0.493 e. The molecule has 2 aliphatic heterocycles. The molecule has 21 heavy (non-hydrogen) atoms. The molecule has 116 valence electrons. The lowest BCUT2D eigenvalue weighted by atomic mass is 9.89. The Hall–Kier alpha value is -1.50.